The van der Waals surface area contributed by atoms with Crippen LogP contribution in [0, 0.1) is 0 Å². The van der Waals surface area contributed by atoms with Gasteiger partial charge in [0.1, 0.15) is 0 Å². The van der Waals surface area contributed by atoms with Crippen molar-refractivity contribution >= 4 is 41.5 Å². The van der Waals surface area contributed by atoms with E-state index >= 15 is 0 Å². The molecule has 0 bridgehead atoms. The SMILES string of the molecule is CCCCCCCCCCCCCCCCCCC(=CC(=O)O)C(=O)O.[Na]. The van der Waals surface area contributed by atoms with Crippen molar-refractivity contribution in [1.29, 1.82) is 0 Å². The van der Waals surface area contributed by atoms with Crippen molar-refractivity contribution in [3.05, 3.63) is 11.6 Å². The molecule has 4 nitrogen and oxygen atoms in total. The van der Waals surface area contributed by atoms with Gasteiger partial charge in [-0.05, 0) is 12.8 Å². The molecular formula is C22H40NaO4. The van der Waals surface area contributed by atoms with E-state index in [1.165, 1.54) is 83.5 Å². The first kappa shape index (κ1) is 28.9. The minimum atomic E-state index is -1.18. The van der Waals surface area contributed by atoms with Crippen LogP contribution in [0.4, 0.5) is 0 Å². The topological polar surface area (TPSA) is 74.6 Å². The van der Waals surface area contributed by atoms with E-state index in [0.29, 0.717) is 6.42 Å². The largest absolute Gasteiger partial charge is 0.478 e. The molecule has 0 aromatic heterocycles. The van der Waals surface area contributed by atoms with Crippen LogP contribution < -0.4 is 0 Å². The fourth-order valence-electron chi connectivity index (χ4n) is 3.25. The molecule has 0 saturated carbocycles. The maximum atomic E-state index is 10.9. The van der Waals surface area contributed by atoms with Gasteiger partial charge in [0.2, 0.25) is 0 Å². The first-order valence-electron chi connectivity index (χ1n) is 10.7. The van der Waals surface area contributed by atoms with Gasteiger partial charge in [0.15, 0.2) is 0 Å². The van der Waals surface area contributed by atoms with E-state index in [1.807, 2.05) is 0 Å². The zero-order valence-corrected chi connectivity index (χ0v) is 19.8. The van der Waals surface area contributed by atoms with Gasteiger partial charge in [-0.2, -0.15) is 0 Å². The molecule has 0 atom stereocenters. The second-order valence-corrected chi connectivity index (χ2v) is 7.37. The molecule has 153 valence electrons. The molecule has 0 unspecified atom stereocenters. The van der Waals surface area contributed by atoms with E-state index in [4.69, 9.17) is 10.2 Å². The van der Waals surface area contributed by atoms with Crippen molar-refractivity contribution in [2.24, 2.45) is 0 Å². The van der Waals surface area contributed by atoms with Crippen LogP contribution in [0.3, 0.4) is 0 Å². The fraction of sp³-hybridized carbons (Fsp3) is 0.818. The van der Waals surface area contributed by atoms with E-state index in [2.05, 4.69) is 6.92 Å². The summed E-state index contributed by atoms with van der Waals surface area (Å²) in [5.41, 5.74) is 0.00265. The van der Waals surface area contributed by atoms with Gasteiger partial charge in [-0.25, -0.2) is 9.59 Å². The summed E-state index contributed by atoms with van der Waals surface area (Å²) in [6.07, 6.45) is 21.6. The van der Waals surface area contributed by atoms with E-state index in [0.717, 1.165) is 25.3 Å². The van der Waals surface area contributed by atoms with Crippen molar-refractivity contribution in [2.45, 2.75) is 116 Å². The van der Waals surface area contributed by atoms with Crippen LogP contribution in [0.25, 0.3) is 0 Å². The second-order valence-electron chi connectivity index (χ2n) is 7.37. The zero-order chi connectivity index (χ0) is 19.5. The molecule has 0 aliphatic carbocycles. The van der Waals surface area contributed by atoms with Crippen LogP contribution in [0.2, 0.25) is 0 Å². The van der Waals surface area contributed by atoms with Crippen molar-refractivity contribution in [1.82, 2.24) is 0 Å². The monoisotopic (exact) mass is 391 g/mol. The molecular weight excluding hydrogens is 351 g/mol. The molecule has 0 aromatic rings. The van der Waals surface area contributed by atoms with Crippen molar-refractivity contribution < 1.29 is 19.8 Å². The fourth-order valence-corrected chi connectivity index (χ4v) is 3.25. The molecule has 5 heteroatoms. The van der Waals surface area contributed by atoms with Gasteiger partial charge in [0, 0.05) is 41.2 Å². The summed E-state index contributed by atoms with van der Waals surface area (Å²) in [7, 11) is 0. The third-order valence-corrected chi connectivity index (χ3v) is 4.87. The Morgan fingerprint density at radius 3 is 1.26 bits per heavy atom. The Hall–Kier alpha value is -0.320. The number of aliphatic carboxylic acids is 2. The Labute approximate surface area is 188 Å². The molecule has 0 saturated heterocycles. The average molecular weight is 392 g/mol. The smallest absolute Gasteiger partial charge is 0.331 e. The molecule has 27 heavy (non-hydrogen) atoms. The molecule has 0 spiro atoms. The molecule has 0 amide bonds. The summed E-state index contributed by atoms with van der Waals surface area (Å²) >= 11 is 0. The predicted molar refractivity (Wildman–Crippen MR) is 113 cm³/mol. The van der Waals surface area contributed by atoms with Crippen LogP contribution in [-0.4, -0.2) is 51.7 Å². The maximum absolute atomic E-state index is 10.9. The van der Waals surface area contributed by atoms with E-state index in [-0.39, 0.29) is 35.1 Å². The number of hydrogen-bond donors (Lipinski definition) is 2. The van der Waals surface area contributed by atoms with Gasteiger partial charge >= 0.3 is 11.9 Å². The summed E-state index contributed by atoms with van der Waals surface area (Å²) in [6.45, 7) is 2.26. The van der Waals surface area contributed by atoms with Gasteiger partial charge in [-0.1, -0.05) is 103 Å². The molecule has 1 radical (unpaired) electrons. The number of carbonyl (C=O) groups is 2. The normalized spacial score (nSPS) is 11.2. The summed E-state index contributed by atoms with van der Waals surface area (Å²) in [6, 6.07) is 0. The molecule has 0 aromatic carbocycles. The van der Waals surface area contributed by atoms with Crippen LogP contribution in [0.1, 0.15) is 116 Å². The van der Waals surface area contributed by atoms with Crippen molar-refractivity contribution in [3.8, 4) is 0 Å². The second kappa shape index (κ2) is 22.0. The Balaban J connectivity index is 0. The Morgan fingerprint density at radius 1 is 0.630 bits per heavy atom. The van der Waals surface area contributed by atoms with E-state index in [1.54, 1.807) is 0 Å². The van der Waals surface area contributed by atoms with Crippen LogP contribution >= 0.6 is 0 Å². The van der Waals surface area contributed by atoms with Gasteiger partial charge < -0.3 is 10.2 Å². The third kappa shape index (κ3) is 21.8. The van der Waals surface area contributed by atoms with Gasteiger partial charge in [-0.15, -0.1) is 0 Å². The summed E-state index contributed by atoms with van der Waals surface area (Å²) < 4.78 is 0. The maximum Gasteiger partial charge on any atom is 0.331 e. The number of carboxylic acid groups (broad SMARTS) is 2. The standard InChI is InChI=1S/C22H40O4.Na/c1-2-3-4-5-6-7-8-9-10-11-12-13-14-15-16-17-18-20(22(25)26)19-21(23)24;/h19H,2-18H2,1H3,(H,23,24)(H,25,26);. The van der Waals surface area contributed by atoms with Crippen molar-refractivity contribution in [2.75, 3.05) is 0 Å². The molecule has 2 N–H and O–H groups in total. The zero-order valence-electron chi connectivity index (χ0n) is 17.8. The summed E-state index contributed by atoms with van der Waals surface area (Å²) in [4.78, 5) is 21.4. The first-order chi connectivity index (χ1) is 12.6. The Kier molecular flexibility index (Phi) is 23.5. The molecule has 0 fully saturated rings. The van der Waals surface area contributed by atoms with Crippen LogP contribution in [0.15, 0.2) is 11.6 Å². The van der Waals surface area contributed by atoms with E-state index in [9.17, 15) is 9.59 Å². The predicted octanol–water partition coefficient (Wildman–Crippen LogP) is 6.35. The number of unbranched alkanes of at least 4 members (excludes halogenated alkanes) is 15. The van der Waals surface area contributed by atoms with Crippen molar-refractivity contribution in [3.63, 3.8) is 0 Å². The Bertz CT molecular complexity index is 394. The quantitative estimate of drug-likeness (QED) is 0.153. The van der Waals surface area contributed by atoms with E-state index < -0.39 is 11.9 Å². The number of rotatable bonds is 19. The minimum absolute atomic E-state index is 0. The van der Waals surface area contributed by atoms with Crippen LogP contribution in [0.5, 0.6) is 0 Å². The summed E-state index contributed by atoms with van der Waals surface area (Å²) in [5.74, 6) is -2.30. The first-order valence-corrected chi connectivity index (χ1v) is 10.7. The Morgan fingerprint density at radius 2 is 0.963 bits per heavy atom. The summed E-state index contributed by atoms with van der Waals surface area (Å²) in [5, 5.41) is 17.5. The molecule has 0 rings (SSSR count). The average Bonchev–Trinajstić information content (AvgIpc) is 2.59. The van der Waals surface area contributed by atoms with Crippen LogP contribution in [-0.2, 0) is 9.59 Å². The van der Waals surface area contributed by atoms with Gasteiger partial charge in [0.25, 0.3) is 0 Å². The molecule has 0 aliphatic heterocycles. The molecule has 0 aliphatic rings. The van der Waals surface area contributed by atoms with Gasteiger partial charge in [0.05, 0.1) is 0 Å². The number of hydrogen-bond acceptors (Lipinski definition) is 2. The minimum Gasteiger partial charge on any atom is -0.478 e. The van der Waals surface area contributed by atoms with Gasteiger partial charge in [-0.3, -0.25) is 0 Å². The number of carboxylic acids is 2. The molecule has 0 heterocycles. The third-order valence-electron chi connectivity index (χ3n) is 4.87.